The maximum absolute atomic E-state index is 8.91. The molecule has 0 aromatic carbocycles. The molecule has 0 saturated carbocycles. The molecule has 4 atom stereocenters. The summed E-state index contributed by atoms with van der Waals surface area (Å²) in [4.78, 5) is 0. The Morgan fingerprint density at radius 3 is 1.06 bits per heavy atom. The lowest BCUT2D eigenvalue weighted by atomic mass is 10.1. The second-order valence-electron chi connectivity index (χ2n) is 4.21. The number of rotatable bonds is 8. The van der Waals surface area contributed by atoms with E-state index in [1.165, 1.54) is 0 Å². The molecule has 0 spiro atoms. The van der Waals surface area contributed by atoms with E-state index in [1.807, 2.05) is 13.8 Å². The highest BCUT2D eigenvalue weighted by atomic mass is 16.4. The fourth-order valence-corrected chi connectivity index (χ4v) is 1.22. The minimum atomic E-state index is -0.968. The Labute approximate surface area is 109 Å². The van der Waals surface area contributed by atoms with E-state index < -0.39 is 24.4 Å². The first-order valence-electron chi connectivity index (χ1n) is 6.38. The molecule has 4 unspecified atom stereocenters. The van der Waals surface area contributed by atoms with E-state index in [0.717, 1.165) is 12.8 Å². The third-order valence-electron chi connectivity index (χ3n) is 2.43. The van der Waals surface area contributed by atoms with Crippen LogP contribution in [0.25, 0.3) is 0 Å². The summed E-state index contributed by atoms with van der Waals surface area (Å²) >= 11 is 0. The van der Waals surface area contributed by atoms with Crippen molar-refractivity contribution in [1.29, 1.82) is 0 Å². The zero-order valence-corrected chi connectivity index (χ0v) is 11.2. The standard InChI is InChI=1S/2C6H14O3/c2*1-2-3-5(8)6(9)4-7/h2*5-9H,2-4H2,1H3. The highest BCUT2D eigenvalue weighted by Crippen LogP contribution is 2.01. The molecular weight excluding hydrogens is 240 g/mol. The second kappa shape index (κ2) is 13.2. The van der Waals surface area contributed by atoms with Crippen LogP contribution in [0.1, 0.15) is 39.5 Å². The normalized spacial score (nSPS) is 17.3. The third kappa shape index (κ3) is 10.9. The van der Waals surface area contributed by atoms with Gasteiger partial charge in [-0.05, 0) is 12.8 Å². The van der Waals surface area contributed by atoms with Gasteiger partial charge >= 0.3 is 0 Å². The summed E-state index contributed by atoms with van der Waals surface area (Å²) in [6.07, 6.45) is -0.741. The number of aliphatic hydroxyl groups is 6. The van der Waals surface area contributed by atoms with Crippen molar-refractivity contribution < 1.29 is 30.6 Å². The maximum atomic E-state index is 8.91. The first-order valence-corrected chi connectivity index (χ1v) is 6.38. The van der Waals surface area contributed by atoms with Gasteiger partial charge in [0.15, 0.2) is 0 Å². The molecule has 0 aromatic rings. The Bertz CT molecular complexity index is 149. The molecule has 0 aromatic heterocycles. The van der Waals surface area contributed by atoms with Gasteiger partial charge in [-0.1, -0.05) is 26.7 Å². The Balaban J connectivity index is 0. The van der Waals surface area contributed by atoms with E-state index in [9.17, 15) is 0 Å². The van der Waals surface area contributed by atoms with Crippen LogP contribution in [-0.2, 0) is 0 Å². The van der Waals surface area contributed by atoms with Crippen molar-refractivity contribution >= 4 is 0 Å². The Hall–Kier alpha value is -0.240. The first-order chi connectivity index (χ1) is 8.44. The van der Waals surface area contributed by atoms with E-state index in [4.69, 9.17) is 30.6 Å². The van der Waals surface area contributed by atoms with E-state index in [0.29, 0.717) is 12.8 Å². The average molecular weight is 268 g/mol. The summed E-state index contributed by atoms with van der Waals surface area (Å²) in [6.45, 7) is 3.10. The molecule has 6 N–H and O–H groups in total. The quantitative estimate of drug-likeness (QED) is 0.336. The lowest BCUT2D eigenvalue weighted by molar-refractivity contribution is -0.0177. The first kappa shape index (κ1) is 20.1. The summed E-state index contributed by atoms with van der Waals surface area (Å²) in [6, 6.07) is 0. The molecule has 0 amide bonds. The molecule has 6 nitrogen and oxygen atoms in total. The molecule has 0 rings (SSSR count). The second-order valence-corrected chi connectivity index (χ2v) is 4.21. The van der Waals surface area contributed by atoms with Gasteiger partial charge in [-0.15, -0.1) is 0 Å². The van der Waals surface area contributed by atoms with Gasteiger partial charge < -0.3 is 30.6 Å². The third-order valence-corrected chi connectivity index (χ3v) is 2.43. The Morgan fingerprint density at radius 1 is 0.611 bits per heavy atom. The van der Waals surface area contributed by atoms with Crippen molar-refractivity contribution in [2.75, 3.05) is 13.2 Å². The zero-order chi connectivity index (χ0) is 14.6. The number of aliphatic hydroxyl groups excluding tert-OH is 6. The smallest absolute Gasteiger partial charge is 0.103 e. The van der Waals surface area contributed by atoms with Crippen LogP contribution < -0.4 is 0 Å². The Morgan fingerprint density at radius 2 is 0.889 bits per heavy atom. The molecular formula is C12H28O6. The van der Waals surface area contributed by atoms with Crippen molar-refractivity contribution in [3.8, 4) is 0 Å². The molecule has 112 valence electrons. The van der Waals surface area contributed by atoms with Crippen LogP contribution in [0, 0.1) is 0 Å². The van der Waals surface area contributed by atoms with Crippen LogP contribution in [0.4, 0.5) is 0 Å². The van der Waals surface area contributed by atoms with Crippen molar-refractivity contribution in [2.24, 2.45) is 0 Å². The largest absolute Gasteiger partial charge is 0.394 e. The van der Waals surface area contributed by atoms with E-state index >= 15 is 0 Å². The van der Waals surface area contributed by atoms with E-state index in [-0.39, 0.29) is 13.2 Å². The molecule has 0 saturated heterocycles. The minimum Gasteiger partial charge on any atom is -0.394 e. The SMILES string of the molecule is CCCC(O)C(O)CO.CCCC(O)C(O)CO. The topological polar surface area (TPSA) is 121 Å². The van der Waals surface area contributed by atoms with Gasteiger partial charge in [-0.25, -0.2) is 0 Å². The van der Waals surface area contributed by atoms with Crippen LogP contribution in [0.3, 0.4) is 0 Å². The van der Waals surface area contributed by atoms with Crippen molar-refractivity contribution in [3.05, 3.63) is 0 Å². The molecule has 0 heterocycles. The van der Waals surface area contributed by atoms with Gasteiger partial charge in [0.2, 0.25) is 0 Å². The zero-order valence-electron chi connectivity index (χ0n) is 11.2. The van der Waals surface area contributed by atoms with Gasteiger partial charge in [0.05, 0.1) is 25.4 Å². The molecule has 18 heavy (non-hydrogen) atoms. The summed E-state index contributed by atoms with van der Waals surface area (Å²) in [5.41, 5.74) is 0. The van der Waals surface area contributed by atoms with Crippen LogP contribution >= 0.6 is 0 Å². The van der Waals surface area contributed by atoms with Crippen molar-refractivity contribution in [3.63, 3.8) is 0 Å². The lowest BCUT2D eigenvalue weighted by Gasteiger charge is -2.13. The van der Waals surface area contributed by atoms with Gasteiger partial charge in [-0.2, -0.15) is 0 Å². The molecule has 0 bridgehead atoms. The van der Waals surface area contributed by atoms with Crippen LogP contribution in [0.5, 0.6) is 0 Å². The number of hydrogen-bond donors (Lipinski definition) is 6. The van der Waals surface area contributed by atoms with Crippen LogP contribution in [-0.4, -0.2) is 68.3 Å². The van der Waals surface area contributed by atoms with Crippen LogP contribution in [0.15, 0.2) is 0 Å². The lowest BCUT2D eigenvalue weighted by Crippen LogP contribution is -2.28. The predicted octanol–water partition coefficient (Wildman–Crippen LogP) is -0.999. The van der Waals surface area contributed by atoms with Gasteiger partial charge in [0.25, 0.3) is 0 Å². The summed E-state index contributed by atoms with van der Waals surface area (Å²) in [5, 5.41) is 52.0. The molecule has 0 fully saturated rings. The fourth-order valence-electron chi connectivity index (χ4n) is 1.22. The highest BCUT2D eigenvalue weighted by Gasteiger charge is 2.13. The Kier molecular flexibility index (Phi) is 14.7. The summed E-state index contributed by atoms with van der Waals surface area (Å²) < 4.78 is 0. The highest BCUT2D eigenvalue weighted by molar-refractivity contribution is 4.64. The van der Waals surface area contributed by atoms with Gasteiger partial charge in [0.1, 0.15) is 12.2 Å². The van der Waals surface area contributed by atoms with E-state index in [2.05, 4.69) is 0 Å². The molecule has 6 heteroatoms. The molecule has 0 aliphatic carbocycles. The number of hydrogen-bond acceptors (Lipinski definition) is 6. The maximum Gasteiger partial charge on any atom is 0.103 e. The van der Waals surface area contributed by atoms with Crippen molar-refractivity contribution in [1.82, 2.24) is 0 Å². The van der Waals surface area contributed by atoms with E-state index in [1.54, 1.807) is 0 Å². The average Bonchev–Trinajstić information content (AvgIpc) is 2.38. The minimum absolute atomic E-state index is 0.360. The molecule has 0 radical (unpaired) electrons. The molecule has 0 aliphatic rings. The van der Waals surface area contributed by atoms with Gasteiger partial charge in [0, 0.05) is 0 Å². The fraction of sp³-hybridized carbons (Fsp3) is 1.00. The molecule has 0 aliphatic heterocycles. The monoisotopic (exact) mass is 268 g/mol. The summed E-state index contributed by atoms with van der Waals surface area (Å²) in [7, 11) is 0. The predicted molar refractivity (Wildman–Crippen MR) is 68.0 cm³/mol. The van der Waals surface area contributed by atoms with Crippen molar-refractivity contribution in [2.45, 2.75) is 63.9 Å². The van der Waals surface area contributed by atoms with Crippen LogP contribution in [0.2, 0.25) is 0 Å². The summed E-state index contributed by atoms with van der Waals surface area (Å²) in [5.74, 6) is 0. The van der Waals surface area contributed by atoms with Gasteiger partial charge in [-0.3, -0.25) is 0 Å².